The van der Waals surface area contributed by atoms with Crippen molar-refractivity contribution >= 4 is 27.3 Å². The normalized spacial score (nSPS) is 23.7. The first-order chi connectivity index (χ1) is 9.63. The zero-order valence-electron chi connectivity index (χ0n) is 12.7. The van der Waals surface area contributed by atoms with Gasteiger partial charge < -0.3 is 15.1 Å². The Hall–Kier alpha value is 0.0600. The molecule has 0 aliphatic carbocycles. The molecule has 1 fully saturated rings. The predicted molar refractivity (Wildman–Crippen MR) is 91.6 cm³/mol. The van der Waals surface area contributed by atoms with Crippen molar-refractivity contribution in [2.45, 2.75) is 31.8 Å². The van der Waals surface area contributed by atoms with Gasteiger partial charge in [-0.3, -0.25) is 0 Å². The van der Waals surface area contributed by atoms with Gasteiger partial charge in [0.25, 0.3) is 0 Å². The summed E-state index contributed by atoms with van der Waals surface area (Å²) in [5.74, 6) is 0. The van der Waals surface area contributed by atoms with Gasteiger partial charge >= 0.3 is 0 Å². The highest BCUT2D eigenvalue weighted by Gasteiger charge is 2.31. The van der Waals surface area contributed by atoms with Gasteiger partial charge in [-0.05, 0) is 73.9 Å². The molecule has 20 heavy (non-hydrogen) atoms. The highest BCUT2D eigenvalue weighted by atomic mass is 79.9. The Balaban J connectivity index is 2.22. The Morgan fingerprint density at radius 1 is 1.45 bits per heavy atom. The van der Waals surface area contributed by atoms with Crippen molar-refractivity contribution in [3.8, 4) is 0 Å². The average Bonchev–Trinajstić information content (AvgIpc) is 2.76. The lowest BCUT2D eigenvalue weighted by Crippen LogP contribution is -2.47. The van der Waals surface area contributed by atoms with Crippen LogP contribution in [0.4, 0.5) is 0 Å². The zero-order chi connectivity index (χ0) is 14.5. The summed E-state index contributed by atoms with van der Waals surface area (Å²) in [5.41, 5.74) is 0. The van der Waals surface area contributed by atoms with Crippen LogP contribution in [0.15, 0.2) is 15.9 Å². The second-order valence-corrected chi connectivity index (χ2v) is 7.53. The van der Waals surface area contributed by atoms with Crippen LogP contribution < -0.4 is 5.32 Å². The fourth-order valence-electron chi connectivity index (χ4n) is 2.90. The summed E-state index contributed by atoms with van der Waals surface area (Å²) in [4.78, 5) is 6.44. The van der Waals surface area contributed by atoms with Crippen molar-refractivity contribution in [2.75, 3.05) is 40.3 Å². The Labute approximate surface area is 135 Å². The molecule has 5 heteroatoms. The van der Waals surface area contributed by atoms with Gasteiger partial charge in [0.05, 0.1) is 6.04 Å². The quantitative estimate of drug-likeness (QED) is 0.870. The van der Waals surface area contributed by atoms with Crippen LogP contribution in [0.1, 0.15) is 30.7 Å². The number of hydrogen-bond acceptors (Lipinski definition) is 4. The first-order valence-corrected chi connectivity index (χ1v) is 9.15. The second kappa shape index (κ2) is 7.90. The lowest BCUT2D eigenvalue weighted by atomic mass is 10.0. The summed E-state index contributed by atoms with van der Waals surface area (Å²) >= 11 is 5.58. The Morgan fingerprint density at radius 3 is 2.90 bits per heavy atom. The summed E-state index contributed by atoms with van der Waals surface area (Å²) in [5, 5.41) is 5.95. The third-order valence-electron chi connectivity index (χ3n) is 4.04. The molecule has 0 spiro atoms. The van der Waals surface area contributed by atoms with E-state index in [-0.39, 0.29) is 0 Å². The maximum Gasteiger partial charge on any atom is 0.0596 e. The maximum atomic E-state index is 3.77. The first kappa shape index (κ1) is 16.4. The monoisotopic (exact) mass is 359 g/mol. The SMILES string of the molecule is CCCNC(c1sccc1Br)C1CN(C)CCCN1C. The van der Waals surface area contributed by atoms with E-state index in [1.54, 1.807) is 0 Å². The van der Waals surface area contributed by atoms with E-state index in [0.29, 0.717) is 12.1 Å². The summed E-state index contributed by atoms with van der Waals surface area (Å²) < 4.78 is 1.25. The lowest BCUT2D eigenvalue weighted by Gasteiger charge is -2.35. The predicted octanol–water partition coefficient (Wildman–Crippen LogP) is 3.19. The van der Waals surface area contributed by atoms with Gasteiger partial charge in [0.1, 0.15) is 0 Å². The summed E-state index contributed by atoms with van der Waals surface area (Å²) in [6, 6.07) is 3.11. The molecule has 2 rings (SSSR count). The molecule has 1 N–H and O–H groups in total. The van der Waals surface area contributed by atoms with E-state index >= 15 is 0 Å². The number of hydrogen-bond donors (Lipinski definition) is 1. The molecular weight excluding hydrogens is 334 g/mol. The third kappa shape index (κ3) is 4.04. The number of nitrogens with zero attached hydrogens (tertiary/aromatic N) is 2. The minimum atomic E-state index is 0.412. The van der Waals surface area contributed by atoms with Gasteiger partial charge in [0, 0.05) is 21.9 Å². The van der Waals surface area contributed by atoms with Crippen molar-refractivity contribution in [3.63, 3.8) is 0 Å². The standard InChI is InChI=1S/C15H26BrN3S/c1-4-7-17-14(15-12(16)6-10-20-15)13-11-18(2)8-5-9-19(13)3/h6,10,13-14,17H,4-5,7-9,11H2,1-3H3. The van der Waals surface area contributed by atoms with Crippen LogP contribution in [-0.2, 0) is 0 Å². The van der Waals surface area contributed by atoms with Crippen LogP contribution in [0.5, 0.6) is 0 Å². The molecule has 2 heterocycles. The number of thiophene rings is 1. The molecular formula is C15H26BrN3S. The molecule has 0 amide bonds. The maximum absolute atomic E-state index is 3.77. The Bertz CT molecular complexity index is 410. The van der Waals surface area contributed by atoms with Gasteiger partial charge in [-0.2, -0.15) is 0 Å². The molecule has 0 saturated carbocycles. The van der Waals surface area contributed by atoms with Crippen LogP contribution in [0, 0.1) is 0 Å². The van der Waals surface area contributed by atoms with Gasteiger partial charge in [-0.15, -0.1) is 11.3 Å². The first-order valence-electron chi connectivity index (χ1n) is 7.48. The van der Waals surface area contributed by atoms with E-state index in [2.05, 4.69) is 63.5 Å². The molecule has 0 aromatic carbocycles. The van der Waals surface area contributed by atoms with Crippen molar-refractivity contribution in [1.29, 1.82) is 0 Å². The zero-order valence-corrected chi connectivity index (χ0v) is 15.1. The lowest BCUT2D eigenvalue weighted by molar-refractivity contribution is 0.179. The number of likely N-dealkylation sites (N-methyl/N-ethyl adjacent to an activating group) is 2. The van der Waals surface area contributed by atoms with E-state index < -0.39 is 0 Å². The van der Waals surface area contributed by atoms with Gasteiger partial charge in [0.2, 0.25) is 0 Å². The summed E-state index contributed by atoms with van der Waals surface area (Å²) in [6.07, 6.45) is 2.43. The highest BCUT2D eigenvalue weighted by molar-refractivity contribution is 9.10. The van der Waals surface area contributed by atoms with Crippen LogP contribution in [-0.4, -0.2) is 56.1 Å². The van der Waals surface area contributed by atoms with E-state index in [1.165, 1.54) is 35.3 Å². The number of nitrogens with one attached hydrogen (secondary N) is 1. The van der Waals surface area contributed by atoms with Crippen molar-refractivity contribution in [3.05, 3.63) is 20.8 Å². The van der Waals surface area contributed by atoms with E-state index in [9.17, 15) is 0 Å². The summed E-state index contributed by atoms with van der Waals surface area (Å²) in [7, 11) is 4.51. The molecule has 1 saturated heterocycles. The topological polar surface area (TPSA) is 18.5 Å². The van der Waals surface area contributed by atoms with Crippen molar-refractivity contribution in [2.24, 2.45) is 0 Å². The molecule has 3 nitrogen and oxygen atoms in total. The smallest absolute Gasteiger partial charge is 0.0596 e. The second-order valence-electron chi connectivity index (χ2n) is 5.73. The Kier molecular flexibility index (Phi) is 6.49. The minimum absolute atomic E-state index is 0.412. The fraction of sp³-hybridized carbons (Fsp3) is 0.733. The van der Waals surface area contributed by atoms with Crippen LogP contribution in [0.2, 0.25) is 0 Å². The molecule has 0 radical (unpaired) electrons. The highest BCUT2D eigenvalue weighted by Crippen LogP contribution is 2.33. The van der Waals surface area contributed by atoms with E-state index in [4.69, 9.17) is 0 Å². The van der Waals surface area contributed by atoms with E-state index in [0.717, 1.165) is 13.1 Å². The molecule has 2 unspecified atom stereocenters. The number of rotatable bonds is 5. The molecule has 1 aliphatic rings. The molecule has 1 aromatic heterocycles. The van der Waals surface area contributed by atoms with Gasteiger partial charge in [-0.1, -0.05) is 6.92 Å². The molecule has 114 valence electrons. The number of halogens is 1. The van der Waals surface area contributed by atoms with Crippen molar-refractivity contribution in [1.82, 2.24) is 15.1 Å². The van der Waals surface area contributed by atoms with Gasteiger partial charge in [-0.25, -0.2) is 0 Å². The fourth-order valence-corrected chi connectivity index (χ4v) is 4.65. The molecule has 1 aliphatic heterocycles. The summed E-state index contributed by atoms with van der Waals surface area (Å²) in [6.45, 7) is 6.82. The third-order valence-corrected chi connectivity index (χ3v) is 6.00. The average molecular weight is 360 g/mol. The Morgan fingerprint density at radius 2 is 2.25 bits per heavy atom. The minimum Gasteiger partial charge on any atom is -0.308 e. The van der Waals surface area contributed by atoms with E-state index in [1.807, 2.05) is 11.3 Å². The van der Waals surface area contributed by atoms with Crippen LogP contribution >= 0.6 is 27.3 Å². The molecule has 2 atom stereocenters. The van der Waals surface area contributed by atoms with Crippen LogP contribution in [0.3, 0.4) is 0 Å². The molecule has 1 aromatic rings. The van der Waals surface area contributed by atoms with Crippen LogP contribution in [0.25, 0.3) is 0 Å². The van der Waals surface area contributed by atoms with Crippen molar-refractivity contribution < 1.29 is 0 Å². The molecule has 0 bridgehead atoms. The van der Waals surface area contributed by atoms with Gasteiger partial charge in [0.15, 0.2) is 0 Å². The largest absolute Gasteiger partial charge is 0.308 e.